The molecule has 0 unspecified atom stereocenters. The summed E-state index contributed by atoms with van der Waals surface area (Å²) in [5.74, 6) is -0.243. The second-order valence-corrected chi connectivity index (χ2v) is 4.53. The van der Waals surface area contributed by atoms with Crippen LogP contribution in [0.3, 0.4) is 0 Å². The van der Waals surface area contributed by atoms with Crippen LogP contribution in [0, 0.1) is 5.82 Å². The smallest absolute Gasteiger partial charge is 0.224 e. The van der Waals surface area contributed by atoms with Crippen molar-refractivity contribution in [3.05, 3.63) is 17.3 Å². The van der Waals surface area contributed by atoms with Crippen molar-refractivity contribution in [3.63, 3.8) is 0 Å². The van der Waals surface area contributed by atoms with Gasteiger partial charge in [0.1, 0.15) is 0 Å². The van der Waals surface area contributed by atoms with Crippen LogP contribution in [-0.4, -0.2) is 40.5 Å². The molecule has 1 saturated heterocycles. The zero-order chi connectivity index (χ0) is 12.3. The van der Waals surface area contributed by atoms with Gasteiger partial charge < -0.3 is 10.2 Å². The lowest BCUT2D eigenvalue weighted by atomic mass is 10.1. The highest BCUT2D eigenvalue weighted by Gasteiger charge is 2.19. The van der Waals surface area contributed by atoms with Crippen molar-refractivity contribution in [2.24, 2.45) is 0 Å². The summed E-state index contributed by atoms with van der Waals surface area (Å²) in [5, 5.41) is 3.17. The molecule has 2 rings (SSSR count). The van der Waals surface area contributed by atoms with Gasteiger partial charge in [-0.1, -0.05) is 6.92 Å². The fourth-order valence-electron chi connectivity index (χ4n) is 2.03. The van der Waals surface area contributed by atoms with Crippen LogP contribution < -0.4 is 5.32 Å². The number of rotatable bonds is 3. The Kier molecular flexibility index (Phi) is 4.12. The first-order valence-electron chi connectivity index (χ1n) is 5.86. The summed E-state index contributed by atoms with van der Waals surface area (Å²) in [5.41, 5.74) is 0. The molecule has 0 aliphatic carbocycles. The van der Waals surface area contributed by atoms with Crippen LogP contribution in [0.25, 0.3) is 0 Å². The first-order chi connectivity index (χ1) is 8.19. The molecular formula is C11H16ClFN4. The van der Waals surface area contributed by atoms with E-state index in [2.05, 4.69) is 27.1 Å². The van der Waals surface area contributed by atoms with Crippen molar-refractivity contribution in [1.29, 1.82) is 0 Å². The van der Waals surface area contributed by atoms with Crippen LogP contribution in [0.2, 0.25) is 5.28 Å². The Labute approximate surface area is 105 Å². The lowest BCUT2D eigenvalue weighted by Gasteiger charge is -2.31. The van der Waals surface area contributed by atoms with Crippen molar-refractivity contribution in [2.45, 2.75) is 25.8 Å². The van der Waals surface area contributed by atoms with Crippen LogP contribution in [0.5, 0.6) is 0 Å². The number of nitrogens with zero attached hydrogens (tertiary/aromatic N) is 3. The number of hydrogen-bond acceptors (Lipinski definition) is 4. The van der Waals surface area contributed by atoms with Crippen LogP contribution in [0.1, 0.15) is 19.8 Å². The molecule has 0 atom stereocenters. The molecule has 0 radical (unpaired) electrons. The van der Waals surface area contributed by atoms with Gasteiger partial charge in [0.25, 0.3) is 0 Å². The molecule has 1 fully saturated rings. The molecule has 17 heavy (non-hydrogen) atoms. The normalized spacial score (nSPS) is 18.3. The second-order valence-electron chi connectivity index (χ2n) is 4.19. The average molecular weight is 259 g/mol. The average Bonchev–Trinajstić information content (AvgIpc) is 2.35. The molecule has 0 saturated carbocycles. The third-order valence-corrected chi connectivity index (χ3v) is 3.27. The molecule has 1 aliphatic rings. The molecule has 0 amide bonds. The summed E-state index contributed by atoms with van der Waals surface area (Å²) in [7, 11) is 0. The minimum absolute atomic E-state index is 0.0693. The van der Waals surface area contributed by atoms with E-state index < -0.39 is 5.82 Å². The molecule has 1 aromatic rings. The Bertz CT molecular complexity index is 380. The minimum atomic E-state index is -0.452. The maximum Gasteiger partial charge on any atom is 0.224 e. The maximum atomic E-state index is 13.4. The first kappa shape index (κ1) is 12.5. The molecular weight excluding hydrogens is 243 g/mol. The Morgan fingerprint density at radius 1 is 1.53 bits per heavy atom. The topological polar surface area (TPSA) is 41.0 Å². The van der Waals surface area contributed by atoms with Crippen molar-refractivity contribution in [2.75, 3.05) is 25.0 Å². The summed E-state index contributed by atoms with van der Waals surface area (Å²) in [6, 6.07) is 0.262. The van der Waals surface area contributed by atoms with Gasteiger partial charge in [-0.15, -0.1) is 0 Å². The predicted octanol–water partition coefficient (Wildman–Crippen LogP) is 2.17. The van der Waals surface area contributed by atoms with Crippen molar-refractivity contribution >= 4 is 17.4 Å². The highest BCUT2D eigenvalue weighted by Crippen LogP contribution is 2.18. The highest BCUT2D eigenvalue weighted by atomic mass is 35.5. The lowest BCUT2D eigenvalue weighted by molar-refractivity contribution is 0.229. The molecule has 1 aromatic heterocycles. The van der Waals surface area contributed by atoms with Gasteiger partial charge in [0.2, 0.25) is 5.28 Å². The van der Waals surface area contributed by atoms with E-state index in [1.807, 2.05) is 0 Å². The van der Waals surface area contributed by atoms with Crippen LogP contribution in [-0.2, 0) is 0 Å². The van der Waals surface area contributed by atoms with Gasteiger partial charge in [0.05, 0.1) is 6.20 Å². The Balaban J connectivity index is 1.95. The van der Waals surface area contributed by atoms with E-state index in [-0.39, 0.29) is 17.1 Å². The largest absolute Gasteiger partial charge is 0.365 e. The maximum absolute atomic E-state index is 13.4. The SMILES string of the molecule is CCN1CCC(Nc2nc(Cl)ncc2F)CC1. The van der Waals surface area contributed by atoms with Crippen LogP contribution >= 0.6 is 11.6 Å². The number of likely N-dealkylation sites (tertiary alicyclic amines) is 1. The summed E-state index contributed by atoms with van der Waals surface area (Å²) in [6.45, 7) is 5.29. The highest BCUT2D eigenvalue weighted by molar-refractivity contribution is 6.28. The number of nitrogens with one attached hydrogen (secondary N) is 1. The van der Waals surface area contributed by atoms with E-state index >= 15 is 0 Å². The minimum Gasteiger partial charge on any atom is -0.365 e. The zero-order valence-electron chi connectivity index (χ0n) is 9.79. The quantitative estimate of drug-likeness (QED) is 0.844. The number of anilines is 1. The Morgan fingerprint density at radius 3 is 2.88 bits per heavy atom. The molecule has 0 spiro atoms. The van der Waals surface area contributed by atoms with Gasteiger partial charge in [-0.05, 0) is 31.0 Å². The van der Waals surface area contributed by atoms with Crippen LogP contribution in [0.4, 0.5) is 10.2 Å². The first-order valence-corrected chi connectivity index (χ1v) is 6.23. The predicted molar refractivity (Wildman–Crippen MR) is 65.8 cm³/mol. The standard InChI is InChI=1S/C11H16ClFN4/c1-2-17-5-3-8(4-6-17)15-10-9(13)7-14-11(12)16-10/h7-8H,2-6H2,1H3,(H,14,15,16). The van der Waals surface area contributed by atoms with Gasteiger partial charge in [0, 0.05) is 19.1 Å². The van der Waals surface area contributed by atoms with Crippen molar-refractivity contribution < 1.29 is 4.39 Å². The molecule has 2 heterocycles. The number of piperidine rings is 1. The summed E-state index contributed by atoms with van der Waals surface area (Å²) in [4.78, 5) is 9.83. The zero-order valence-corrected chi connectivity index (χ0v) is 10.5. The summed E-state index contributed by atoms with van der Waals surface area (Å²) >= 11 is 5.64. The van der Waals surface area contributed by atoms with Gasteiger partial charge in [-0.2, -0.15) is 4.98 Å². The van der Waals surface area contributed by atoms with E-state index in [0.29, 0.717) is 0 Å². The summed E-state index contributed by atoms with van der Waals surface area (Å²) < 4.78 is 13.4. The van der Waals surface area contributed by atoms with E-state index in [0.717, 1.165) is 38.7 Å². The Morgan fingerprint density at radius 2 is 2.24 bits per heavy atom. The van der Waals surface area contributed by atoms with Crippen molar-refractivity contribution in [3.8, 4) is 0 Å². The van der Waals surface area contributed by atoms with Gasteiger partial charge in [-0.3, -0.25) is 0 Å². The van der Waals surface area contributed by atoms with Gasteiger partial charge in [0.15, 0.2) is 11.6 Å². The summed E-state index contributed by atoms with van der Waals surface area (Å²) in [6.07, 6.45) is 3.09. The van der Waals surface area contributed by atoms with Crippen molar-refractivity contribution in [1.82, 2.24) is 14.9 Å². The van der Waals surface area contributed by atoms with Crippen LogP contribution in [0.15, 0.2) is 6.20 Å². The fraction of sp³-hybridized carbons (Fsp3) is 0.636. The van der Waals surface area contributed by atoms with E-state index in [9.17, 15) is 4.39 Å². The Hall–Kier alpha value is -0.940. The lowest BCUT2D eigenvalue weighted by Crippen LogP contribution is -2.39. The van der Waals surface area contributed by atoms with E-state index in [1.165, 1.54) is 0 Å². The van der Waals surface area contributed by atoms with E-state index in [1.54, 1.807) is 0 Å². The molecule has 0 bridgehead atoms. The molecule has 1 N–H and O–H groups in total. The monoisotopic (exact) mass is 258 g/mol. The fourth-order valence-corrected chi connectivity index (χ4v) is 2.17. The van der Waals surface area contributed by atoms with Gasteiger partial charge >= 0.3 is 0 Å². The van der Waals surface area contributed by atoms with Gasteiger partial charge in [-0.25, -0.2) is 9.37 Å². The second kappa shape index (κ2) is 5.60. The number of hydrogen-bond donors (Lipinski definition) is 1. The molecule has 0 aromatic carbocycles. The molecule has 4 nitrogen and oxygen atoms in total. The number of aromatic nitrogens is 2. The third kappa shape index (κ3) is 3.26. The molecule has 1 aliphatic heterocycles. The number of halogens is 2. The van der Waals surface area contributed by atoms with E-state index in [4.69, 9.17) is 11.6 Å². The molecule has 94 valence electrons. The molecule has 6 heteroatoms. The third-order valence-electron chi connectivity index (χ3n) is 3.09.